The highest BCUT2D eigenvalue weighted by atomic mass is 16.4. The van der Waals surface area contributed by atoms with Crippen molar-refractivity contribution in [2.75, 3.05) is 6.54 Å². The SMILES string of the molecule is C#CCCCCC(=O)NCC(C)(O)C(=O)O. The van der Waals surface area contributed by atoms with Crippen LogP contribution in [0.1, 0.15) is 32.6 Å². The van der Waals surface area contributed by atoms with Gasteiger partial charge in [-0.3, -0.25) is 4.79 Å². The monoisotopic (exact) mass is 227 g/mol. The first kappa shape index (κ1) is 14.5. The predicted octanol–water partition coefficient (Wildman–Crippen LogP) is 0.132. The highest BCUT2D eigenvalue weighted by Gasteiger charge is 2.29. The number of amides is 1. The minimum atomic E-state index is -1.92. The summed E-state index contributed by atoms with van der Waals surface area (Å²) < 4.78 is 0. The number of aliphatic hydroxyl groups is 1. The molecule has 0 aliphatic heterocycles. The third-order valence-corrected chi connectivity index (χ3v) is 2.07. The van der Waals surface area contributed by atoms with Gasteiger partial charge in [0.15, 0.2) is 5.60 Å². The molecule has 0 radical (unpaired) electrons. The number of hydrogen-bond donors (Lipinski definition) is 3. The van der Waals surface area contributed by atoms with Crippen LogP contribution in [0.4, 0.5) is 0 Å². The molecule has 1 amide bonds. The molecule has 5 heteroatoms. The zero-order valence-corrected chi connectivity index (χ0v) is 9.32. The molecule has 3 N–H and O–H groups in total. The third-order valence-electron chi connectivity index (χ3n) is 2.07. The number of carbonyl (C=O) groups is 2. The van der Waals surface area contributed by atoms with Crippen LogP contribution in [0.3, 0.4) is 0 Å². The Hall–Kier alpha value is -1.54. The van der Waals surface area contributed by atoms with E-state index in [1.54, 1.807) is 0 Å². The van der Waals surface area contributed by atoms with Crippen molar-refractivity contribution in [3.8, 4) is 12.3 Å². The summed E-state index contributed by atoms with van der Waals surface area (Å²) in [5.41, 5.74) is -1.92. The van der Waals surface area contributed by atoms with Crippen molar-refractivity contribution >= 4 is 11.9 Å². The Balaban J connectivity index is 3.74. The van der Waals surface area contributed by atoms with Gasteiger partial charge in [-0.05, 0) is 19.8 Å². The largest absolute Gasteiger partial charge is 0.479 e. The molecule has 0 aliphatic carbocycles. The van der Waals surface area contributed by atoms with Gasteiger partial charge in [-0.1, -0.05) is 0 Å². The van der Waals surface area contributed by atoms with E-state index in [4.69, 9.17) is 11.5 Å². The Morgan fingerprint density at radius 3 is 2.56 bits per heavy atom. The molecule has 0 heterocycles. The molecule has 0 aromatic heterocycles. The second kappa shape index (κ2) is 6.85. The quantitative estimate of drug-likeness (QED) is 0.426. The van der Waals surface area contributed by atoms with E-state index in [9.17, 15) is 14.7 Å². The lowest BCUT2D eigenvalue weighted by atomic mass is 10.1. The molecule has 0 saturated carbocycles. The summed E-state index contributed by atoms with van der Waals surface area (Å²) in [6.07, 6.45) is 7.38. The van der Waals surface area contributed by atoms with E-state index in [2.05, 4.69) is 11.2 Å². The molecule has 16 heavy (non-hydrogen) atoms. The van der Waals surface area contributed by atoms with Gasteiger partial charge in [0, 0.05) is 12.8 Å². The van der Waals surface area contributed by atoms with Gasteiger partial charge in [0.05, 0.1) is 6.54 Å². The molecule has 90 valence electrons. The molecule has 0 fully saturated rings. The Kier molecular flexibility index (Phi) is 6.19. The normalized spacial score (nSPS) is 13.6. The lowest BCUT2D eigenvalue weighted by molar-refractivity contribution is -0.156. The van der Waals surface area contributed by atoms with E-state index in [1.807, 2.05) is 0 Å². The first-order valence-corrected chi connectivity index (χ1v) is 5.06. The van der Waals surface area contributed by atoms with Gasteiger partial charge in [0.1, 0.15) is 0 Å². The number of terminal acetylenes is 1. The number of carboxylic acids is 1. The summed E-state index contributed by atoms with van der Waals surface area (Å²) in [5.74, 6) is 0.823. The van der Waals surface area contributed by atoms with Crippen LogP contribution in [0, 0.1) is 12.3 Å². The molecular weight excluding hydrogens is 210 g/mol. The Bertz CT molecular complexity index is 291. The van der Waals surface area contributed by atoms with Crippen LogP contribution in [0.2, 0.25) is 0 Å². The molecule has 0 aromatic rings. The summed E-state index contributed by atoms with van der Waals surface area (Å²) in [6.45, 7) is 0.838. The van der Waals surface area contributed by atoms with Gasteiger partial charge in [0.2, 0.25) is 5.91 Å². The van der Waals surface area contributed by atoms with Crippen molar-refractivity contribution in [3.05, 3.63) is 0 Å². The summed E-state index contributed by atoms with van der Waals surface area (Å²) >= 11 is 0. The van der Waals surface area contributed by atoms with Crippen molar-refractivity contribution in [1.29, 1.82) is 0 Å². The minimum absolute atomic E-state index is 0.279. The van der Waals surface area contributed by atoms with E-state index >= 15 is 0 Å². The average molecular weight is 227 g/mol. The number of aliphatic carboxylic acids is 1. The van der Waals surface area contributed by atoms with Crippen molar-refractivity contribution in [2.24, 2.45) is 0 Å². The lowest BCUT2D eigenvalue weighted by Crippen LogP contribution is -2.46. The van der Waals surface area contributed by atoms with Gasteiger partial charge < -0.3 is 15.5 Å². The van der Waals surface area contributed by atoms with Crippen LogP contribution in [-0.2, 0) is 9.59 Å². The average Bonchev–Trinajstić information content (AvgIpc) is 2.21. The van der Waals surface area contributed by atoms with E-state index in [-0.39, 0.29) is 18.9 Å². The van der Waals surface area contributed by atoms with Gasteiger partial charge in [0.25, 0.3) is 0 Å². The Labute approximate surface area is 94.8 Å². The molecular formula is C11H17NO4. The number of nitrogens with one attached hydrogen (secondary N) is 1. The standard InChI is InChI=1S/C11H17NO4/c1-3-4-5-6-7-9(13)12-8-11(2,16)10(14)15/h1,16H,4-8H2,2H3,(H,12,13)(H,14,15). The molecule has 0 rings (SSSR count). The zero-order chi connectivity index (χ0) is 12.6. The number of hydrogen-bond acceptors (Lipinski definition) is 3. The van der Waals surface area contributed by atoms with Gasteiger partial charge in [-0.25, -0.2) is 4.79 Å². The second-order valence-corrected chi connectivity index (χ2v) is 3.77. The van der Waals surface area contributed by atoms with Crippen LogP contribution in [0.15, 0.2) is 0 Å². The van der Waals surface area contributed by atoms with E-state index in [0.29, 0.717) is 12.8 Å². The summed E-state index contributed by atoms with van der Waals surface area (Å²) in [4.78, 5) is 21.7. The Morgan fingerprint density at radius 1 is 1.44 bits per heavy atom. The third kappa shape index (κ3) is 6.04. The van der Waals surface area contributed by atoms with Crippen molar-refractivity contribution in [2.45, 2.75) is 38.2 Å². The van der Waals surface area contributed by atoms with Crippen molar-refractivity contribution in [1.82, 2.24) is 5.32 Å². The number of carboxylic acid groups (broad SMARTS) is 1. The summed E-state index contributed by atoms with van der Waals surface area (Å²) in [5, 5.41) is 20.2. The second-order valence-electron chi connectivity index (χ2n) is 3.77. The first-order chi connectivity index (χ1) is 7.40. The van der Waals surface area contributed by atoms with Gasteiger partial charge in [-0.2, -0.15) is 0 Å². The van der Waals surface area contributed by atoms with E-state index < -0.39 is 11.6 Å². The molecule has 5 nitrogen and oxygen atoms in total. The molecule has 1 unspecified atom stereocenters. The maximum absolute atomic E-state index is 11.2. The van der Waals surface area contributed by atoms with Gasteiger partial charge >= 0.3 is 5.97 Å². The number of rotatable bonds is 7. The van der Waals surface area contributed by atoms with Crippen LogP contribution >= 0.6 is 0 Å². The summed E-state index contributed by atoms with van der Waals surface area (Å²) in [6, 6.07) is 0. The fraction of sp³-hybridized carbons (Fsp3) is 0.636. The van der Waals surface area contributed by atoms with Crippen LogP contribution in [-0.4, -0.2) is 34.2 Å². The number of carbonyl (C=O) groups excluding carboxylic acids is 1. The maximum Gasteiger partial charge on any atom is 0.337 e. The van der Waals surface area contributed by atoms with E-state index in [0.717, 1.165) is 13.3 Å². The molecule has 0 spiro atoms. The lowest BCUT2D eigenvalue weighted by Gasteiger charge is -2.18. The minimum Gasteiger partial charge on any atom is -0.479 e. The Morgan fingerprint density at radius 2 is 2.06 bits per heavy atom. The van der Waals surface area contributed by atoms with Gasteiger partial charge in [-0.15, -0.1) is 12.3 Å². The molecule has 0 aromatic carbocycles. The molecule has 0 aliphatic rings. The highest BCUT2D eigenvalue weighted by molar-refractivity contribution is 5.80. The smallest absolute Gasteiger partial charge is 0.337 e. The summed E-state index contributed by atoms with van der Waals surface area (Å²) in [7, 11) is 0. The van der Waals surface area contributed by atoms with Crippen LogP contribution in [0.5, 0.6) is 0 Å². The fourth-order valence-electron chi connectivity index (χ4n) is 0.947. The first-order valence-electron chi connectivity index (χ1n) is 5.06. The predicted molar refractivity (Wildman–Crippen MR) is 58.6 cm³/mol. The van der Waals surface area contributed by atoms with Crippen LogP contribution in [0.25, 0.3) is 0 Å². The number of unbranched alkanes of at least 4 members (excludes halogenated alkanes) is 2. The van der Waals surface area contributed by atoms with Crippen molar-refractivity contribution in [3.63, 3.8) is 0 Å². The van der Waals surface area contributed by atoms with E-state index in [1.165, 1.54) is 0 Å². The van der Waals surface area contributed by atoms with Crippen molar-refractivity contribution < 1.29 is 19.8 Å². The topological polar surface area (TPSA) is 86.6 Å². The fourth-order valence-corrected chi connectivity index (χ4v) is 0.947. The van der Waals surface area contributed by atoms with Crippen LogP contribution < -0.4 is 5.32 Å². The molecule has 0 bridgehead atoms. The maximum atomic E-state index is 11.2. The highest BCUT2D eigenvalue weighted by Crippen LogP contribution is 2.02. The molecule has 1 atom stereocenters. The zero-order valence-electron chi connectivity index (χ0n) is 9.32. The molecule has 0 saturated heterocycles.